The predicted molar refractivity (Wildman–Crippen MR) is 70.8 cm³/mol. The Morgan fingerprint density at radius 3 is 2.55 bits per heavy atom. The summed E-state index contributed by atoms with van der Waals surface area (Å²) in [5.74, 6) is -2.11. The minimum atomic E-state index is -1.13. The molecule has 1 rings (SSSR count). The Bertz CT molecular complexity index is 502. The molecule has 0 saturated heterocycles. The first-order valence-electron chi connectivity index (χ1n) is 6.19. The fourth-order valence-corrected chi connectivity index (χ4v) is 1.78. The predicted octanol–water partition coefficient (Wildman–Crippen LogP) is 1.81. The normalized spacial score (nSPS) is 12.2. The zero-order chi connectivity index (χ0) is 15.3. The molecule has 0 aromatic heterocycles. The minimum Gasteiger partial charge on any atom is -0.478 e. The summed E-state index contributed by atoms with van der Waals surface area (Å²) >= 11 is 0. The lowest BCUT2D eigenvalue weighted by Crippen LogP contribution is -2.41. The molecule has 1 unspecified atom stereocenters. The van der Waals surface area contributed by atoms with E-state index in [1.807, 2.05) is 13.8 Å². The van der Waals surface area contributed by atoms with Crippen LogP contribution in [0.5, 0.6) is 0 Å². The zero-order valence-electron chi connectivity index (χ0n) is 11.6. The fraction of sp³-hybridized carbons (Fsp3) is 0.429. The van der Waals surface area contributed by atoms with Crippen molar-refractivity contribution in [2.45, 2.75) is 26.4 Å². The third kappa shape index (κ3) is 4.03. The molecule has 2 N–H and O–H groups in total. The lowest BCUT2D eigenvalue weighted by molar-refractivity contribution is -0.144. The Hall–Kier alpha value is -1.95. The molecule has 0 radical (unpaired) electrons. The largest absolute Gasteiger partial charge is 0.478 e. The minimum absolute atomic E-state index is 0.00219. The van der Waals surface area contributed by atoms with Crippen LogP contribution >= 0.6 is 0 Å². The van der Waals surface area contributed by atoms with Gasteiger partial charge in [0.1, 0.15) is 11.9 Å². The van der Waals surface area contributed by atoms with Crippen molar-refractivity contribution in [2.24, 2.45) is 5.92 Å². The van der Waals surface area contributed by atoms with E-state index in [1.165, 1.54) is 19.2 Å². The van der Waals surface area contributed by atoms with E-state index in [1.54, 1.807) is 0 Å². The first-order valence-corrected chi connectivity index (χ1v) is 6.19. The van der Waals surface area contributed by atoms with Crippen LogP contribution in [0, 0.1) is 11.7 Å². The summed E-state index contributed by atoms with van der Waals surface area (Å²) in [6.45, 7) is 3.71. The zero-order valence-corrected chi connectivity index (χ0v) is 11.6. The SMILES string of the molecule is COC(=O)C(NCc1cc(C(=O)O)ccc1F)C(C)C. The topological polar surface area (TPSA) is 75.6 Å². The average Bonchev–Trinajstić information content (AvgIpc) is 2.39. The molecule has 0 saturated carbocycles. The Morgan fingerprint density at radius 1 is 1.40 bits per heavy atom. The van der Waals surface area contributed by atoms with Gasteiger partial charge in [0.25, 0.3) is 0 Å². The quantitative estimate of drug-likeness (QED) is 0.779. The number of carbonyl (C=O) groups excluding carboxylic acids is 1. The number of rotatable bonds is 6. The van der Waals surface area contributed by atoms with Crippen LogP contribution in [0.1, 0.15) is 29.8 Å². The van der Waals surface area contributed by atoms with Gasteiger partial charge in [-0.3, -0.25) is 10.1 Å². The van der Waals surface area contributed by atoms with E-state index in [4.69, 9.17) is 5.11 Å². The number of hydrogen-bond donors (Lipinski definition) is 2. The number of carbonyl (C=O) groups is 2. The number of methoxy groups -OCH3 is 1. The maximum atomic E-state index is 13.6. The van der Waals surface area contributed by atoms with Gasteiger partial charge in [-0.15, -0.1) is 0 Å². The van der Waals surface area contributed by atoms with Gasteiger partial charge in [0, 0.05) is 12.1 Å². The number of ether oxygens (including phenoxy) is 1. The van der Waals surface area contributed by atoms with Gasteiger partial charge in [0.2, 0.25) is 0 Å². The van der Waals surface area contributed by atoms with Gasteiger partial charge < -0.3 is 9.84 Å². The highest BCUT2D eigenvalue weighted by molar-refractivity contribution is 5.87. The molecule has 0 heterocycles. The first kappa shape index (κ1) is 16.1. The van der Waals surface area contributed by atoms with Crippen LogP contribution in [0.25, 0.3) is 0 Å². The van der Waals surface area contributed by atoms with Gasteiger partial charge in [-0.25, -0.2) is 9.18 Å². The van der Waals surface area contributed by atoms with Crippen LogP contribution in [0.4, 0.5) is 4.39 Å². The smallest absolute Gasteiger partial charge is 0.335 e. The van der Waals surface area contributed by atoms with Crippen molar-refractivity contribution >= 4 is 11.9 Å². The second-order valence-electron chi connectivity index (χ2n) is 4.74. The van der Waals surface area contributed by atoms with Crippen molar-refractivity contribution in [3.63, 3.8) is 0 Å². The van der Waals surface area contributed by atoms with E-state index in [9.17, 15) is 14.0 Å². The molecule has 1 aromatic carbocycles. The van der Waals surface area contributed by atoms with E-state index in [-0.39, 0.29) is 23.6 Å². The van der Waals surface area contributed by atoms with Crippen LogP contribution in [-0.2, 0) is 16.1 Å². The van der Waals surface area contributed by atoms with Gasteiger partial charge >= 0.3 is 11.9 Å². The van der Waals surface area contributed by atoms with Crippen LogP contribution < -0.4 is 5.32 Å². The fourth-order valence-electron chi connectivity index (χ4n) is 1.78. The molecule has 0 aliphatic carbocycles. The van der Waals surface area contributed by atoms with Crippen molar-refractivity contribution in [1.82, 2.24) is 5.32 Å². The van der Waals surface area contributed by atoms with Crippen molar-refractivity contribution < 1.29 is 23.8 Å². The van der Waals surface area contributed by atoms with E-state index >= 15 is 0 Å². The number of hydrogen-bond acceptors (Lipinski definition) is 4. The van der Waals surface area contributed by atoms with Gasteiger partial charge in [-0.05, 0) is 24.1 Å². The summed E-state index contributed by atoms with van der Waals surface area (Å²) < 4.78 is 18.3. The Kier molecular flexibility index (Phi) is 5.64. The Balaban J connectivity index is 2.85. The summed E-state index contributed by atoms with van der Waals surface area (Å²) in [6.07, 6.45) is 0. The molecule has 5 nitrogen and oxygen atoms in total. The first-order chi connectivity index (χ1) is 9.36. The third-order valence-electron chi connectivity index (χ3n) is 2.93. The van der Waals surface area contributed by atoms with Crippen molar-refractivity contribution in [1.29, 1.82) is 0 Å². The van der Waals surface area contributed by atoms with Gasteiger partial charge in [0.05, 0.1) is 12.7 Å². The molecular weight excluding hydrogens is 265 g/mol. The standard InChI is InChI=1S/C14H18FNO4/c1-8(2)12(14(19)20-3)16-7-10-6-9(13(17)18)4-5-11(10)15/h4-6,8,12,16H,7H2,1-3H3,(H,17,18). The van der Waals surface area contributed by atoms with Crippen LogP contribution in [0.2, 0.25) is 0 Å². The molecule has 0 aliphatic heterocycles. The number of carboxylic acids is 1. The van der Waals surface area contributed by atoms with Crippen LogP contribution in [0.3, 0.4) is 0 Å². The number of aromatic carboxylic acids is 1. The molecule has 1 atom stereocenters. The molecule has 0 aliphatic rings. The third-order valence-corrected chi connectivity index (χ3v) is 2.93. The van der Waals surface area contributed by atoms with Crippen LogP contribution in [-0.4, -0.2) is 30.2 Å². The highest BCUT2D eigenvalue weighted by atomic mass is 19.1. The number of benzene rings is 1. The van der Waals surface area contributed by atoms with Gasteiger partial charge in [-0.2, -0.15) is 0 Å². The van der Waals surface area contributed by atoms with Gasteiger partial charge in [-0.1, -0.05) is 13.8 Å². The molecule has 1 aromatic rings. The molecule has 0 spiro atoms. The summed E-state index contributed by atoms with van der Waals surface area (Å²) in [5.41, 5.74) is 0.196. The number of halogens is 1. The van der Waals surface area contributed by atoms with Gasteiger partial charge in [0.15, 0.2) is 0 Å². The molecule has 0 bridgehead atoms. The number of carboxylic acid groups (broad SMARTS) is 1. The second kappa shape index (κ2) is 7.00. The molecule has 0 fully saturated rings. The van der Waals surface area contributed by atoms with E-state index < -0.39 is 23.8 Å². The number of nitrogens with one attached hydrogen (secondary N) is 1. The summed E-state index contributed by atoms with van der Waals surface area (Å²) in [7, 11) is 1.28. The molecule has 20 heavy (non-hydrogen) atoms. The summed E-state index contributed by atoms with van der Waals surface area (Å²) in [6, 6.07) is 2.97. The van der Waals surface area contributed by atoms with Crippen molar-refractivity contribution in [3.05, 3.63) is 35.1 Å². The van der Waals surface area contributed by atoms with E-state index in [2.05, 4.69) is 10.1 Å². The monoisotopic (exact) mass is 283 g/mol. The van der Waals surface area contributed by atoms with E-state index in [0.717, 1.165) is 6.07 Å². The molecular formula is C14H18FNO4. The highest BCUT2D eigenvalue weighted by Crippen LogP contribution is 2.12. The lowest BCUT2D eigenvalue weighted by Gasteiger charge is -2.20. The maximum Gasteiger partial charge on any atom is 0.335 e. The summed E-state index contributed by atoms with van der Waals surface area (Å²) in [4.78, 5) is 22.4. The van der Waals surface area contributed by atoms with Crippen molar-refractivity contribution in [2.75, 3.05) is 7.11 Å². The van der Waals surface area contributed by atoms with E-state index in [0.29, 0.717) is 0 Å². The summed E-state index contributed by atoms with van der Waals surface area (Å²) in [5, 5.41) is 11.8. The Morgan fingerprint density at radius 2 is 2.05 bits per heavy atom. The second-order valence-corrected chi connectivity index (χ2v) is 4.74. The molecule has 0 amide bonds. The van der Waals surface area contributed by atoms with Crippen molar-refractivity contribution in [3.8, 4) is 0 Å². The Labute approximate surface area is 116 Å². The highest BCUT2D eigenvalue weighted by Gasteiger charge is 2.22. The lowest BCUT2D eigenvalue weighted by atomic mass is 10.0. The van der Waals surface area contributed by atoms with Crippen LogP contribution in [0.15, 0.2) is 18.2 Å². The maximum absolute atomic E-state index is 13.6. The molecule has 110 valence electrons. The number of esters is 1. The molecule has 6 heteroatoms. The average molecular weight is 283 g/mol.